The van der Waals surface area contributed by atoms with Crippen LogP contribution in [0.15, 0.2) is 17.2 Å². The fraction of sp³-hybridized carbons (Fsp3) is 0.200. The minimum absolute atomic E-state index is 0.0651. The van der Waals surface area contributed by atoms with Crippen molar-refractivity contribution in [2.45, 2.75) is 6.92 Å². The van der Waals surface area contributed by atoms with Gasteiger partial charge in [0.15, 0.2) is 5.11 Å². The maximum Gasteiger partial charge on any atom is 0.184 e. The van der Waals surface area contributed by atoms with Gasteiger partial charge in [-0.3, -0.25) is 5.43 Å². The van der Waals surface area contributed by atoms with Crippen LogP contribution in [0, 0.1) is 6.92 Å². The lowest BCUT2D eigenvalue weighted by Gasteiger charge is -2.06. The van der Waals surface area contributed by atoms with E-state index in [0.29, 0.717) is 16.9 Å². The highest BCUT2D eigenvalue weighted by Gasteiger charge is 2.05. The van der Waals surface area contributed by atoms with Crippen molar-refractivity contribution < 1.29 is 9.84 Å². The number of nitrogens with zero attached hydrogens (tertiary/aromatic N) is 1. The number of nitrogens with one attached hydrogen (secondary N) is 1. The summed E-state index contributed by atoms with van der Waals surface area (Å²) in [5.74, 6) is 0.793. The highest BCUT2D eigenvalue weighted by Crippen LogP contribution is 2.26. The topological polar surface area (TPSA) is 79.9 Å². The summed E-state index contributed by atoms with van der Waals surface area (Å²) in [5.41, 5.74) is 8.84. The molecule has 0 heterocycles. The van der Waals surface area contributed by atoms with Crippen LogP contribution < -0.4 is 15.9 Å². The molecule has 1 rings (SSSR count). The number of hydrogen-bond donors (Lipinski definition) is 3. The summed E-state index contributed by atoms with van der Waals surface area (Å²) in [7, 11) is 1.56. The van der Waals surface area contributed by atoms with Gasteiger partial charge in [0.05, 0.1) is 13.3 Å². The van der Waals surface area contributed by atoms with E-state index in [1.54, 1.807) is 26.2 Å². The summed E-state index contributed by atoms with van der Waals surface area (Å²) >= 11 is 4.58. The van der Waals surface area contributed by atoms with Crippen LogP contribution in [0.5, 0.6) is 11.5 Å². The van der Waals surface area contributed by atoms with Gasteiger partial charge in [-0.05, 0) is 36.8 Å². The molecule has 0 aliphatic rings. The number of hydrazone groups is 1. The third-order valence-electron chi connectivity index (χ3n) is 1.92. The summed E-state index contributed by atoms with van der Waals surface area (Å²) < 4.78 is 5.07. The van der Waals surface area contributed by atoms with Crippen LogP contribution in [-0.4, -0.2) is 23.5 Å². The number of hydrogen-bond acceptors (Lipinski definition) is 4. The lowest BCUT2D eigenvalue weighted by atomic mass is 10.1. The number of rotatable bonds is 3. The van der Waals surface area contributed by atoms with Crippen LogP contribution in [0.25, 0.3) is 0 Å². The van der Waals surface area contributed by atoms with Gasteiger partial charge in [-0.15, -0.1) is 0 Å². The maximum absolute atomic E-state index is 9.74. The Bertz CT molecular complexity index is 432. The molecule has 1 aromatic rings. The van der Waals surface area contributed by atoms with E-state index in [-0.39, 0.29) is 10.9 Å². The van der Waals surface area contributed by atoms with Crippen molar-refractivity contribution in [2.75, 3.05) is 7.11 Å². The Labute approximate surface area is 98.9 Å². The second-order valence-corrected chi connectivity index (χ2v) is 3.56. The van der Waals surface area contributed by atoms with E-state index in [4.69, 9.17) is 10.5 Å². The second-order valence-electron chi connectivity index (χ2n) is 3.12. The van der Waals surface area contributed by atoms with Crippen molar-refractivity contribution in [1.29, 1.82) is 0 Å². The fourth-order valence-corrected chi connectivity index (χ4v) is 1.21. The van der Waals surface area contributed by atoms with Gasteiger partial charge < -0.3 is 15.6 Å². The number of thiocarbonyl (C=S) groups is 1. The van der Waals surface area contributed by atoms with Gasteiger partial charge >= 0.3 is 0 Å². The van der Waals surface area contributed by atoms with E-state index in [0.717, 1.165) is 0 Å². The summed E-state index contributed by atoms with van der Waals surface area (Å²) in [6.07, 6.45) is 1.42. The lowest BCUT2D eigenvalue weighted by molar-refractivity contribution is 0.411. The molecule has 6 heteroatoms. The van der Waals surface area contributed by atoms with Crippen LogP contribution in [0.3, 0.4) is 0 Å². The number of aromatic hydroxyl groups is 1. The molecule has 0 aliphatic heterocycles. The van der Waals surface area contributed by atoms with Crippen molar-refractivity contribution in [2.24, 2.45) is 10.8 Å². The van der Waals surface area contributed by atoms with E-state index >= 15 is 0 Å². The van der Waals surface area contributed by atoms with Crippen LogP contribution in [0.2, 0.25) is 0 Å². The molecule has 1 aromatic carbocycles. The Kier molecular flexibility index (Phi) is 4.07. The van der Waals surface area contributed by atoms with Gasteiger partial charge in [0.25, 0.3) is 0 Å². The molecule has 0 radical (unpaired) electrons. The minimum Gasteiger partial charge on any atom is -0.507 e. The van der Waals surface area contributed by atoms with Crippen molar-refractivity contribution in [3.8, 4) is 11.5 Å². The van der Waals surface area contributed by atoms with E-state index < -0.39 is 0 Å². The molecular formula is C10H13N3O2S. The standard InChI is InChI=1S/C10H13N3O2S/c1-6-3-8(15-2)4-7(9(6)14)5-12-13-10(11)16/h3-5,14H,1-2H3,(H3,11,13,16). The highest BCUT2D eigenvalue weighted by atomic mass is 32.1. The molecule has 0 fully saturated rings. The van der Waals surface area contributed by atoms with Gasteiger partial charge in [-0.2, -0.15) is 5.10 Å². The quantitative estimate of drug-likeness (QED) is 0.414. The van der Waals surface area contributed by atoms with Crippen molar-refractivity contribution >= 4 is 23.5 Å². The first-order valence-electron chi connectivity index (χ1n) is 4.50. The summed E-state index contributed by atoms with van der Waals surface area (Å²) in [4.78, 5) is 0. The largest absolute Gasteiger partial charge is 0.507 e. The molecular weight excluding hydrogens is 226 g/mol. The van der Waals surface area contributed by atoms with Crippen molar-refractivity contribution in [3.05, 3.63) is 23.3 Å². The molecule has 0 bridgehead atoms. The van der Waals surface area contributed by atoms with Gasteiger partial charge in [-0.1, -0.05) is 0 Å². The minimum atomic E-state index is 0.0651. The Hall–Kier alpha value is -1.82. The van der Waals surface area contributed by atoms with Crippen LogP contribution in [0.4, 0.5) is 0 Å². The van der Waals surface area contributed by atoms with Gasteiger partial charge in [0.2, 0.25) is 0 Å². The Morgan fingerprint density at radius 3 is 2.88 bits per heavy atom. The summed E-state index contributed by atoms with van der Waals surface area (Å²) in [5, 5.41) is 13.6. The molecule has 16 heavy (non-hydrogen) atoms. The summed E-state index contributed by atoms with van der Waals surface area (Å²) in [6, 6.07) is 3.39. The van der Waals surface area contributed by atoms with E-state index in [1.165, 1.54) is 6.21 Å². The average Bonchev–Trinajstić information content (AvgIpc) is 2.23. The number of benzene rings is 1. The van der Waals surface area contributed by atoms with E-state index in [1.807, 2.05) is 0 Å². The number of ether oxygens (including phenoxy) is 1. The first-order chi connectivity index (χ1) is 7.54. The first-order valence-corrected chi connectivity index (χ1v) is 4.91. The molecule has 0 aliphatic carbocycles. The van der Waals surface area contributed by atoms with Crippen LogP contribution >= 0.6 is 12.2 Å². The number of aryl methyl sites for hydroxylation is 1. The third kappa shape index (κ3) is 3.09. The number of phenols is 1. The molecule has 86 valence electrons. The average molecular weight is 239 g/mol. The SMILES string of the molecule is COc1cc(C)c(O)c(C=NNC(N)=S)c1. The zero-order valence-electron chi connectivity index (χ0n) is 9.02. The Morgan fingerprint density at radius 1 is 1.62 bits per heavy atom. The zero-order valence-corrected chi connectivity index (χ0v) is 9.84. The molecule has 0 spiro atoms. The van der Waals surface area contributed by atoms with Crippen molar-refractivity contribution in [1.82, 2.24) is 5.43 Å². The molecule has 0 aromatic heterocycles. The Balaban J connectivity index is 2.98. The van der Waals surface area contributed by atoms with Crippen LogP contribution in [-0.2, 0) is 0 Å². The third-order valence-corrected chi connectivity index (χ3v) is 2.01. The lowest BCUT2D eigenvalue weighted by Crippen LogP contribution is -2.24. The molecule has 0 amide bonds. The van der Waals surface area contributed by atoms with Gasteiger partial charge in [-0.25, -0.2) is 0 Å². The molecule has 4 N–H and O–H groups in total. The molecule has 0 saturated heterocycles. The van der Waals surface area contributed by atoms with E-state index in [2.05, 4.69) is 22.7 Å². The van der Waals surface area contributed by atoms with Gasteiger partial charge in [0, 0.05) is 5.56 Å². The van der Waals surface area contributed by atoms with Crippen molar-refractivity contribution in [3.63, 3.8) is 0 Å². The zero-order chi connectivity index (χ0) is 12.1. The molecule has 0 saturated carbocycles. The number of phenolic OH excluding ortho intramolecular Hbond substituents is 1. The van der Waals surface area contributed by atoms with E-state index in [9.17, 15) is 5.11 Å². The predicted molar refractivity (Wildman–Crippen MR) is 66.9 cm³/mol. The normalized spacial score (nSPS) is 10.4. The first kappa shape index (κ1) is 12.3. The molecule has 5 nitrogen and oxygen atoms in total. The number of nitrogens with two attached hydrogens (primary N) is 1. The smallest absolute Gasteiger partial charge is 0.184 e. The maximum atomic E-state index is 9.74. The summed E-state index contributed by atoms with van der Waals surface area (Å²) in [6.45, 7) is 1.77. The van der Waals surface area contributed by atoms with Gasteiger partial charge in [0.1, 0.15) is 11.5 Å². The predicted octanol–water partition coefficient (Wildman–Crippen LogP) is 0.876. The van der Waals surface area contributed by atoms with Crippen LogP contribution in [0.1, 0.15) is 11.1 Å². The fourth-order valence-electron chi connectivity index (χ4n) is 1.15. The Morgan fingerprint density at radius 2 is 2.31 bits per heavy atom. The highest BCUT2D eigenvalue weighted by molar-refractivity contribution is 7.80. The monoisotopic (exact) mass is 239 g/mol. The molecule has 0 unspecified atom stereocenters. The number of methoxy groups -OCH3 is 1. The molecule has 0 atom stereocenters. The second kappa shape index (κ2) is 5.32.